The zero-order valence-electron chi connectivity index (χ0n) is 24.0. The van der Waals surface area contributed by atoms with Crippen molar-refractivity contribution >= 4 is 0 Å². The van der Waals surface area contributed by atoms with Gasteiger partial charge in [0.05, 0.1) is 5.69 Å². The number of fused-ring (bicyclic) bond motifs is 2. The van der Waals surface area contributed by atoms with Crippen LogP contribution in [-0.2, 0) is 32.4 Å². The van der Waals surface area contributed by atoms with E-state index in [9.17, 15) is 13.2 Å². The van der Waals surface area contributed by atoms with Gasteiger partial charge in [0.2, 0.25) is 0 Å². The molecule has 0 amide bonds. The summed E-state index contributed by atoms with van der Waals surface area (Å²) in [4.78, 5) is 6.23. The lowest BCUT2D eigenvalue weighted by atomic mass is 10.1. The number of ether oxygens (including phenoxy) is 4. The van der Waals surface area contributed by atoms with Gasteiger partial charge in [0.15, 0.2) is 28.7 Å². The van der Waals surface area contributed by atoms with E-state index >= 15 is 0 Å². The van der Waals surface area contributed by atoms with Gasteiger partial charge in [-0.2, -0.15) is 13.2 Å². The summed E-state index contributed by atoms with van der Waals surface area (Å²) >= 11 is 0. The van der Waals surface area contributed by atoms with Gasteiger partial charge in [-0.1, -0.05) is 55.8 Å². The first-order valence-corrected chi connectivity index (χ1v) is 14.6. The Kier molecular flexibility index (Phi) is 8.47. The zero-order chi connectivity index (χ0) is 29.8. The van der Waals surface area contributed by atoms with Crippen molar-refractivity contribution in [3.63, 3.8) is 0 Å². The molecule has 0 aliphatic carbocycles. The van der Waals surface area contributed by atoms with Crippen LogP contribution >= 0.6 is 0 Å². The molecule has 6 rings (SSSR count). The lowest BCUT2D eigenvalue weighted by Gasteiger charge is -2.26. The summed E-state index contributed by atoms with van der Waals surface area (Å²) in [5, 5.41) is 0. The van der Waals surface area contributed by atoms with Crippen LogP contribution in [0.2, 0.25) is 0 Å². The molecule has 1 aromatic heterocycles. The molecular weight excluding hydrogens is 559 g/mol. The maximum atomic E-state index is 14.6. The number of aromatic nitrogens is 2. The minimum absolute atomic E-state index is 0.0290. The number of hydrogen-bond donors (Lipinski definition) is 0. The summed E-state index contributed by atoms with van der Waals surface area (Å²) < 4.78 is 68.5. The lowest BCUT2D eigenvalue weighted by molar-refractivity contribution is -0.141. The molecule has 0 unspecified atom stereocenters. The third-order valence-corrected chi connectivity index (χ3v) is 7.51. The molecule has 0 N–H and O–H groups in total. The molecule has 4 aromatic rings. The van der Waals surface area contributed by atoms with Gasteiger partial charge >= 0.3 is 6.18 Å². The first-order chi connectivity index (χ1) is 20.9. The second-order valence-electron chi connectivity index (χ2n) is 10.7. The summed E-state index contributed by atoms with van der Waals surface area (Å²) in [5.74, 6) is 2.93. The molecule has 226 valence electrons. The second kappa shape index (κ2) is 12.6. The Bertz CT molecular complexity index is 1490. The van der Waals surface area contributed by atoms with E-state index in [-0.39, 0.29) is 12.2 Å². The summed E-state index contributed by atoms with van der Waals surface area (Å²) in [6.45, 7) is 5.10. The smallest absolute Gasteiger partial charge is 0.435 e. The maximum Gasteiger partial charge on any atom is 0.435 e. The van der Waals surface area contributed by atoms with Gasteiger partial charge < -0.3 is 23.5 Å². The summed E-state index contributed by atoms with van der Waals surface area (Å²) in [5.41, 5.74) is 1.75. The molecule has 0 saturated carbocycles. The fourth-order valence-electron chi connectivity index (χ4n) is 5.51. The molecular formula is C33H34F3N3O4. The van der Waals surface area contributed by atoms with Crippen LogP contribution in [-0.4, -0.2) is 40.9 Å². The molecule has 0 saturated heterocycles. The maximum absolute atomic E-state index is 14.6. The van der Waals surface area contributed by atoms with Gasteiger partial charge in [-0.05, 0) is 41.8 Å². The van der Waals surface area contributed by atoms with Crippen molar-refractivity contribution in [3.8, 4) is 34.4 Å². The Labute approximate surface area is 248 Å². The molecule has 3 aromatic carbocycles. The molecule has 2 aliphatic heterocycles. The average molecular weight is 594 g/mol. The van der Waals surface area contributed by atoms with Crippen LogP contribution in [0.25, 0.3) is 11.4 Å². The largest absolute Gasteiger partial charge is 0.486 e. The topological polar surface area (TPSA) is 58.0 Å². The first-order valence-electron chi connectivity index (χ1n) is 14.6. The van der Waals surface area contributed by atoms with Crippen LogP contribution < -0.4 is 18.9 Å². The molecule has 3 heterocycles. The van der Waals surface area contributed by atoms with E-state index in [1.165, 1.54) is 0 Å². The Balaban J connectivity index is 1.40. The predicted octanol–water partition coefficient (Wildman–Crippen LogP) is 7.11. The zero-order valence-corrected chi connectivity index (χ0v) is 24.0. The summed E-state index contributed by atoms with van der Waals surface area (Å²) in [7, 11) is 0. The molecule has 0 spiro atoms. The van der Waals surface area contributed by atoms with Crippen molar-refractivity contribution in [2.75, 3.05) is 26.4 Å². The van der Waals surface area contributed by atoms with Crippen molar-refractivity contribution in [3.05, 3.63) is 89.2 Å². The molecule has 0 atom stereocenters. The number of imidazole rings is 1. The number of alkyl halides is 3. The second-order valence-corrected chi connectivity index (χ2v) is 10.7. The minimum atomic E-state index is -4.62. The van der Waals surface area contributed by atoms with Crippen LogP contribution in [0.3, 0.4) is 0 Å². The van der Waals surface area contributed by atoms with E-state index in [1.807, 2.05) is 66.4 Å². The van der Waals surface area contributed by atoms with Crippen LogP contribution in [0.4, 0.5) is 13.2 Å². The number of halogens is 3. The van der Waals surface area contributed by atoms with Crippen molar-refractivity contribution < 1.29 is 32.1 Å². The van der Waals surface area contributed by atoms with E-state index in [0.717, 1.165) is 24.0 Å². The van der Waals surface area contributed by atoms with Gasteiger partial charge in [-0.3, -0.25) is 4.90 Å². The molecule has 0 fully saturated rings. The Morgan fingerprint density at radius 3 is 1.84 bits per heavy atom. The van der Waals surface area contributed by atoms with Gasteiger partial charge in [-0.25, -0.2) is 4.98 Å². The fourth-order valence-corrected chi connectivity index (χ4v) is 5.51. The van der Waals surface area contributed by atoms with Crippen LogP contribution in [0, 0.1) is 0 Å². The van der Waals surface area contributed by atoms with E-state index in [1.54, 1.807) is 16.7 Å². The Morgan fingerprint density at radius 2 is 1.30 bits per heavy atom. The average Bonchev–Trinajstić information content (AvgIpc) is 3.38. The first kappa shape index (κ1) is 28.9. The van der Waals surface area contributed by atoms with Crippen molar-refractivity contribution in [2.45, 2.75) is 52.1 Å². The van der Waals surface area contributed by atoms with Crippen LogP contribution in [0.15, 0.2) is 66.7 Å². The molecule has 43 heavy (non-hydrogen) atoms. The van der Waals surface area contributed by atoms with Crippen molar-refractivity contribution in [2.24, 2.45) is 0 Å². The number of benzene rings is 3. The summed E-state index contributed by atoms with van der Waals surface area (Å²) in [6.07, 6.45) is -3.05. The van der Waals surface area contributed by atoms with Gasteiger partial charge in [0.1, 0.15) is 32.3 Å². The van der Waals surface area contributed by atoms with Crippen molar-refractivity contribution in [1.82, 2.24) is 14.5 Å². The van der Waals surface area contributed by atoms with E-state index in [4.69, 9.17) is 18.9 Å². The van der Waals surface area contributed by atoms with Crippen LogP contribution in [0.5, 0.6) is 23.0 Å². The van der Waals surface area contributed by atoms with Gasteiger partial charge in [-0.15, -0.1) is 0 Å². The standard InChI is InChI=1S/C33H34F3N3O4/c1-2-3-13-39-26(31(33(34,35)36)37-32(39)25-7-5-4-6-8-25)22-38(20-23-9-11-27-29(18-23)42-16-14-40-27)21-24-10-12-28-30(19-24)43-17-15-41-28/h4-12,18-19H,2-3,13-17,20-22H2,1H3. The van der Waals surface area contributed by atoms with E-state index < -0.39 is 11.9 Å². The number of nitrogens with zero attached hydrogens (tertiary/aromatic N) is 3. The van der Waals surface area contributed by atoms with Crippen molar-refractivity contribution in [1.29, 1.82) is 0 Å². The highest BCUT2D eigenvalue weighted by Crippen LogP contribution is 2.37. The summed E-state index contributed by atoms with van der Waals surface area (Å²) in [6, 6.07) is 20.5. The molecule has 10 heteroatoms. The van der Waals surface area contributed by atoms with Gasteiger partial charge in [0.25, 0.3) is 0 Å². The minimum Gasteiger partial charge on any atom is -0.486 e. The lowest BCUT2D eigenvalue weighted by Crippen LogP contribution is -2.26. The Morgan fingerprint density at radius 1 is 0.744 bits per heavy atom. The normalized spacial score (nSPS) is 14.3. The third-order valence-electron chi connectivity index (χ3n) is 7.51. The molecule has 0 radical (unpaired) electrons. The SMILES string of the molecule is CCCCn1c(-c2ccccc2)nc(C(F)(F)F)c1CN(Cc1ccc2c(c1)OCCO2)Cc1ccc2c(c1)OCCO2. The molecule has 7 nitrogen and oxygen atoms in total. The monoisotopic (exact) mass is 593 g/mol. The van der Waals surface area contributed by atoms with E-state index in [0.29, 0.717) is 80.4 Å². The third kappa shape index (κ3) is 6.59. The molecule has 2 aliphatic rings. The predicted molar refractivity (Wildman–Crippen MR) is 155 cm³/mol. The van der Waals surface area contributed by atoms with Crippen LogP contribution in [0.1, 0.15) is 42.3 Å². The highest BCUT2D eigenvalue weighted by atomic mass is 19.4. The number of rotatable bonds is 10. The van der Waals surface area contributed by atoms with E-state index in [2.05, 4.69) is 4.98 Å². The number of hydrogen-bond acceptors (Lipinski definition) is 6. The fraction of sp³-hybridized carbons (Fsp3) is 0.364. The highest BCUT2D eigenvalue weighted by molar-refractivity contribution is 5.57. The molecule has 0 bridgehead atoms. The van der Waals surface area contributed by atoms with Gasteiger partial charge in [0, 0.05) is 31.7 Å². The Hall–Kier alpha value is -4.18. The quantitative estimate of drug-likeness (QED) is 0.195. The number of unbranched alkanes of at least 4 members (excludes halogenated alkanes) is 1. The highest BCUT2D eigenvalue weighted by Gasteiger charge is 2.39.